The summed E-state index contributed by atoms with van der Waals surface area (Å²) in [5.41, 5.74) is 2.83. The molecule has 31 heavy (non-hydrogen) atoms. The van der Waals surface area contributed by atoms with Crippen molar-refractivity contribution < 1.29 is 19.4 Å². The van der Waals surface area contributed by atoms with E-state index in [-0.39, 0.29) is 5.91 Å². The van der Waals surface area contributed by atoms with Crippen LogP contribution < -0.4 is 9.47 Å². The molecule has 0 atom stereocenters. The van der Waals surface area contributed by atoms with E-state index in [1.165, 1.54) is 6.42 Å². The van der Waals surface area contributed by atoms with E-state index >= 15 is 0 Å². The molecule has 3 rings (SSSR count). The molecule has 0 aliphatic carbocycles. The highest BCUT2D eigenvalue weighted by atomic mass is 16.5. The molecule has 1 saturated heterocycles. The number of hydrogen-bond donors (Lipinski definition) is 1. The second kappa shape index (κ2) is 11.6. The third-order valence-electron chi connectivity index (χ3n) is 5.79. The summed E-state index contributed by atoms with van der Waals surface area (Å²) in [5, 5.41) is 9.85. The summed E-state index contributed by atoms with van der Waals surface area (Å²) in [7, 11) is 0. The number of carbonyl (C=O) groups excluding carboxylic acids is 1. The number of carbonyl (C=O) groups is 1. The average molecular weight is 426 g/mol. The lowest BCUT2D eigenvalue weighted by Gasteiger charge is -2.26. The number of amides is 1. The molecule has 0 radical (unpaired) electrons. The van der Waals surface area contributed by atoms with E-state index in [9.17, 15) is 9.90 Å². The minimum atomic E-state index is 0.121. The number of hydrogen-bond acceptors (Lipinski definition) is 4. The van der Waals surface area contributed by atoms with Gasteiger partial charge in [0.2, 0.25) is 0 Å². The Bertz CT molecular complexity index is 816. The molecule has 5 nitrogen and oxygen atoms in total. The van der Waals surface area contributed by atoms with Gasteiger partial charge in [-0.25, -0.2) is 0 Å². The SMILES string of the molecule is CCc1cc(O)cc(CC)c1OCCCCOc1ccc(C(=O)N2CCCCC2)cc1. The van der Waals surface area contributed by atoms with Crippen LogP contribution in [0.5, 0.6) is 17.2 Å². The van der Waals surface area contributed by atoms with Gasteiger partial charge in [-0.05, 0) is 92.5 Å². The van der Waals surface area contributed by atoms with Gasteiger partial charge < -0.3 is 19.5 Å². The first kappa shape index (κ1) is 23.0. The van der Waals surface area contributed by atoms with E-state index in [1.807, 2.05) is 29.2 Å². The van der Waals surface area contributed by atoms with Crippen molar-refractivity contribution in [3.8, 4) is 17.2 Å². The van der Waals surface area contributed by atoms with Crippen molar-refractivity contribution in [2.45, 2.75) is 58.8 Å². The summed E-state index contributed by atoms with van der Waals surface area (Å²) in [6.45, 7) is 7.10. The Balaban J connectivity index is 1.40. The highest BCUT2D eigenvalue weighted by Gasteiger charge is 2.18. The number of phenolic OH excluding ortho intramolecular Hbond substituents is 1. The van der Waals surface area contributed by atoms with Crippen LogP contribution in [0.25, 0.3) is 0 Å². The van der Waals surface area contributed by atoms with Crippen LogP contribution >= 0.6 is 0 Å². The van der Waals surface area contributed by atoms with Crippen LogP contribution in [0.4, 0.5) is 0 Å². The molecule has 1 aliphatic heterocycles. The fourth-order valence-corrected chi connectivity index (χ4v) is 3.99. The van der Waals surface area contributed by atoms with Crippen LogP contribution in [0.1, 0.15) is 67.4 Å². The van der Waals surface area contributed by atoms with Crippen molar-refractivity contribution in [3.05, 3.63) is 53.1 Å². The van der Waals surface area contributed by atoms with E-state index in [2.05, 4.69) is 13.8 Å². The number of aryl methyl sites for hydroxylation is 2. The van der Waals surface area contributed by atoms with Crippen LogP contribution in [-0.4, -0.2) is 42.2 Å². The summed E-state index contributed by atoms with van der Waals surface area (Å²) >= 11 is 0. The monoisotopic (exact) mass is 425 g/mol. The maximum Gasteiger partial charge on any atom is 0.253 e. The van der Waals surface area contributed by atoms with E-state index < -0.39 is 0 Å². The first-order chi connectivity index (χ1) is 15.1. The smallest absolute Gasteiger partial charge is 0.253 e. The maximum atomic E-state index is 12.5. The number of likely N-dealkylation sites (tertiary alicyclic amines) is 1. The van der Waals surface area contributed by atoms with Gasteiger partial charge in [0.1, 0.15) is 17.2 Å². The van der Waals surface area contributed by atoms with E-state index in [1.54, 1.807) is 12.1 Å². The third kappa shape index (κ3) is 6.39. The number of unbranched alkanes of at least 4 members (excludes halogenated alkanes) is 1. The Hall–Kier alpha value is -2.69. The van der Waals surface area contributed by atoms with Crippen LogP contribution in [-0.2, 0) is 12.8 Å². The van der Waals surface area contributed by atoms with Crippen molar-refractivity contribution in [2.24, 2.45) is 0 Å². The zero-order chi connectivity index (χ0) is 22.1. The highest BCUT2D eigenvalue weighted by molar-refractivity contribution is 5.94. The second-order valence-electron chi connectivity index (χ2n) is 8.08. The predicted molar refractivity (Wildman–Crippen MR) is 123 cm³/mol. The molecule has 5 heteroatoms. The molecule has 2 aromatic carbocycles. The normalized spacial score (nSPS) is 13.8. The van der Waals surface area contributed by atoms with Crippen LogP contribution in [0.2, 0.25) is 0 Å². The minimum Gasteiger partial charge on any atom is -0.508 e. The molecule has 1 aliphatic rings. The Kier molecular flexibility index (Phi) is 8.63. The number of nitrogens with zero attached hydrogens (tertiary/aromatic N) is 1. The molecule has 1 heterocycles. The lowest BCUT2D eigenvalue weighted by molar-refractivity contribution is 0.0724. The fraction of sp³-hybridized carbons (Fsp3) is 0.500. The Morgan fingerprint density at radius 1 is 0.903 bits per heavy atom. The Morgan fingerprint density at radius 2 is 1.48 bits per heavy atom. The predicted octanol–water partition coefficient (Wildman–Crippen LogP) is 5.38. The molecule has 168 valence electrons. The molecule has 0 aromatic heterocycles. The molecular formula is C26H35NO4. The van der Waals surface area contributed by atoms with Gasteiger partial charge in [-0.15, -0.1) is 0 Å². The number of phenols is 1. The van der Waals surface area contributed by atoms with E-state index in [0.29, 0.717) is 19.0 Å². The van der Waals surface area contributed by atoms with Crippen molar-refractivity contribution >= 4 is 5.91 Å². The Labute approximate surface area is 186 Å². The summed E-state index contributed by atoms with van der Waals surface area (Å²) in [6, 6.07) is 11.1. The largest absolute Gasteiger partial charge is 0.508 e. The minimum absolute atomic E-state index is 0.121. The molecule has 1 N–H and O–H groups in total. The van der Waals surface area contributed by atoms with Gasteiger partial charge >= 0.3 is 0 Å². The van der Waals surface area contributed by atoms with Crippen LogP contribution in [0.15, 0.2) is 36.4 Å². The average Bonchev–Trinajstić information content (AvgIpc) is 2.82. The van der Waals surface area contributed by atoms with Crippen LogP contribution in [0.3, 0.4) is 0 Å². The van der Waals surface area contributed by atoms with Crippen molar-refractivity contribution in [1.29, 1.82) is 0 Å². The lowest BCUT2D eigenvalue weighted by Crippen LogP contribution is -2.35. The van der Waals surface area contributed by atoms with Crippen molar-refractivity contribution in [1.82, 2.24) is 4.90 Å². The van der Waals surface area contributed by atoms with Gasteiger partial charge in [0.15, 0.2) is 0 Å². The summed E-state index contributed by atoms with van der Waals surface area (Å²) in [4.78, 5) is 14.5. The quantitative estimate of drug-likeness (QED) is 0.519. The molecule has 1 amide bonds. The summed E-state index contributed by atoms with van der Waals surface area (Å²) < 4.78 is 11.9. The van der Waals surface area contributed by atoms with Gasteiger partial charge in [-0.3, -0.25) is 4.79 Å². The molecule has 0 bridgehead atoms. The maximum absolute atomic E-state index is 12.5. The Morgan fingerprint density at radius 3 is 2.06 bits per heavy atom. The van der Waals surface area contributed by atoms with Crippen molar-refractivity contribution in [2.75, 3.05) is 26.3 Å². The van der Waals surface area contributed by atoms with Gasteiger partial charge in [0.05, 0.1) is 13.2 Å². The number of aromatic hydroxyl groups is 1. The van der Waals surface area contributed by atoms with Crippen molar-refractivity contribution in [3.63, 3.8) is 0 Å². The number of piperidine rings is 1. The topological polar surface area (TPSA) is 59.0 Å². The standard InChI is InChI=1S/C26H35NO4/c1-3-20-18-23(28)19-21(4-2)25(20)31-17-9-8-16-30-24-12-10-22(11-13-24)26(29)27-14-6-5-7-15-27/h10-13,18-19,28H,3-9,14-17H2,1-2H3. The van der Waals surface area contributed by atoms with E-state index in [4.69, 9.17) is 9.47 Å². The van der Waals surface area contributed by atoms with Gasteiger partial charge in [0.25, 0.3) is 5.91 Å². The molecule has 1 fully saturated rings. The van der Waals surface area contributed by atoms with Gasteiger partial charge in [-0.1, -0.05) is 13.8 Å². The lowest BCUT2D eigenvalue weighted by atomic mass is 10.0. The zero-order valence-corrected chi connectivity index (χ0v) is 18.9. The van der Waals surface area contributed by atoms with Gasteiger partial charge in [0, 0.05) is 18.7 Å². The molecular weight excluding hydrogens is 390 g/mol. The number of rotatable bonds is 10. The molecule has 0 spiro atoms. The van der Waals surface area contributed by atoms with E-state index in [0.717, 1.165) is 79.8 Å². The first-order valence-electron chi connectivity index (χ1n) is 11.6. The van der Waals surface area contributed by atoms with Gasteiger partial charge in [-0.2, -0.15) is 0 Å². The summed E-state index contributed by atoms with van der Waals surface area (Å²) in [5.74, 6) is 2.13. The molecule has 2 aromatic rings. The fourth-order valence-electron chi connectivity index (χ4n) is 3.99. The first-order valence-corrected chi connectivity index (χ1v) is 11.6. The third-order valence-corrected chi connectivity index (χ3v) is 5.79. The summed E-state index contributed by atoms with van der Waals surface area (Å²) in [6.07, 6.45) is 6.85. The van der Waals surface area contributed by atoms with Crippen LogP contribution in [0, 0.1) is 0 Å². The molecule has 0 saturated carbocycles. The molecule has 0 unspecified atom stereocenters. The number of ether oxygens (including phenoxy) is 2. The second-order valence-corrected chi connectivity index (χ2v) is 8.08. The number of benzene rings is 2. The zero-order valence-electron chi connectivity index (χ0n) is 18.9. The highest BCUT2D eigenvalue weighted by Crippen LogP contribution is 2.30.